The molecule has 0 bridgehead atoms. The van der Waals surface area contributed by atoms with Crippen LogP contribution < -0.4 is 5.73 Å². The number of fused-ring (bicyclic) bond motifs is 1. The number of aromatic hydroxyl groups is 1. The number of hydrogen-bond donors (Lipinski definition) is 3. The number of benzene rings is 1. The van der Waals surface area contributed by atoms with Crippen LogP contribution in [0.3, 0.4) is 0 Å². The number of aromatic amines is 1. The van der Waals surface area contributed by atoms with Crippen LogP contribution in [0.2, 0.25) is 0 Å². The fraction of sp³-hybridized carbons (Fsp3) is 0.400. The molecular weight excluding hydrogens is 238 g/mol. The zero-order valence-electron chi connectivity index (χ0n) is 10.9. The van der Waals surface area contributed by atoms with Crippen LogP contribution in [0, 0.1) is 5.92 Å². The molecule has 3 rings (SSSR count). The van der Waals surface area contributed by atoms with E-state index in [9.17, 15) is 5.11 Å². The van der Waals surface area contributed by atoms with Crippen molar-refractivity contribution >= 4 is 0 Å². The quantitative estimate of drug-likeness (QED) is 0.784. The number of aromatic nitrogens is 2. The van der Waals surface area contributed by atoms with E-state index in [1.165, 1.54) is 11.4 Å². The Morgan fingerprint density at radius 3 is 2.84 bits per heavy atom. The molecular formula is C15H19N3O. The summed E-state index contributed by atoms with van der Waals surface area (Å²) >= 11 is 0. The highest BCUT2D eigenvalue weighted by molar-refractivity contribution is 5.29. The fourth-order valence-corrected chi connectivity index (χ4v) is 2.70. The van der Waals surface area contributed by atoms with Gasteiger partial charge in [0.15, 0.2) is 0 Å². The minimum atomic E-state index is 0.299. The van der Waals surface area contributed by atoms with E-state index >= 15 is 0 Å². The molecule has 100 valence electrons. The van der Waals surface area contributed by atoms with Gasteiger partial charge in [-0.2, -0.15) is 0 Å². The topological polar surface area (TPSA) is 74.9 Å². The van der Waals surface area contributed by atoms with Crippen LogP contribution in [0.4, 0.5) is 0 Å². The number of phenols is 1. The maximum atomic E-state index is 9.28. The molecule has 0 radical (unpaired) electrons. The molecule has 2 aromatic rings. The maximum absolute atomic E-state index is 9.28. The van der Waals surface area contributed by atoms with Crippen molar-refractivity contribution < 1.29 is 5.11 Å². The second kappa shape index (κ2) is 5.05. The summed E-state index contributed by atoms with van der Waals surface area (Å²) in [5.41, 5.74) is 9.37. The van der Waals surface area contributed by atoms with Crippen LogP contribution >= 0.6 is 0 Å². The highest BCUT2D eigenvalue weighted by Gasteiger charge is 2.20. The second-order valence-electron chi connectivity index (χ2n) is 5.30. The molecule has 0 spiro atoms. The minimum absolute atomic E-state index is 0.299. The number of aryl methyl sites for hydroxylation is 1. The van der Waals surface area contributed by atoms with Gasteiger partial charge in [0.25, 0.3) is 0 Å². The molecule has 1 unspecified atom stereocenters. The molecule has 1 aromatic heterocycles. The molecule has 1 aromatic carbocycles. The lowest BCUT2D eigenvalue weighted by Crippen LogP contribution is -2.22. The first-order valence-electron chi connectivity index (χ1n) is 6.79. The van der Waals surface area contributed by atoms with Gasteiger partial charge in [0.2, 0.25) is 0 Å². The lowest BCUT2D eigenvalue weighted by molar-refractivity contribution is 0.461. The summed E-state index contributed by atoms with van der Waals surface area (Å²) in [5, 5.41) is 9.28. The first-order chi connectivity index (χ1) is 9.24. The summed E-state index contributed by atoms with van der Waals surface area (Å²) in [4.78, 5) is 8.11. The summed E-state index contributed by atoms with van der Waals surface area (Å²) in [5.74, 6) is 1.90. The molecule has 0 amide bonds. The molecule has 0 aliphatic heterocycles. The van der Waals surface area contributed by atoms with Crippen molar-refractivity contribution in [2.45, 2.75) is 25.7 Å². The number of hydrogen-bond acceptors (Lipinski definition) is 3. The third-order valence-electron chi connectivity index (χ3n) is 3.84. The van der Waals surface area contributed by atoms with E-state index in [0.717, 1.165) is 43.6 Å². The van der Waals surface area contributed by atoms with Gasteiger partial charge in [-0.25, -0.2) is 4.98 Å². The van der Waals surface area contributed by atoms with Crippen molar-refractivity contribution in [1.82, 2.24) is 9.97 Å². The zero-order valence-corrected chi connectivity index (χ0v) is 10.9. The summed E-state index contributed by atoms with van der Waals surface area (Å²) in [6.45, 7) is 0.756. The van der Waals surface area contributed by atoms with Crippen LogP contribution in [0.5, 0.6) is 5.75 Å². The third kappa shape index (κ3) is 2.63. The van der Waals surface area contributed by atoms with Crippen molar-refractivity contribution in [1.29, 1.82) is 0 Å². The molecule has 4 N–H and O–H groups in total. The summed E-state index contributed by atoms with van der Waals surface area (Å²) in [7, 11) is 0. The van der Waals surface area contributed by atoms with Gasteiger partial charge in [-0.15, -0.1) is 0 Å². The Balaban J connectivity index is 1.76. The number of rotatable bonds is 3. The van der Waals surface area contributed by atoms with Gasteiger partial charge in [0.1, 0.15) is 11.6 Å². The number of H-pyrrole nitrogens is 1. The van der Waals surface area contributed by atoms with Crippen LogP contribution in [0.15, 0.2) is 24.3 Å². The second-order valence-corrected chi connectivity index (χ2v) is 5.30. The van der Waals surface area contributed by atoms with Crippen LogP contribution in [0.25, 0.3) is 0 Å². The Morgan fingerprint density at radius 1 is 1.32 bits per heavy atom. The number of nitrogens with zero attached hydrogens (tertiary/aromatic N) is 1. The predicted molar refractivity (Wildman–Crippen MR) is 74.1 cm³/mol. The number of nitrogens with two attached hydrogens (primary N) is 1. The summed E-state index contributed by atoms with van der Waals surface area (Å²) in [6, 6.07) is 7.28. The molecule has 0 saturated heterocycles. The average Bonchev–Trinajstić information content (AvgIpc) is 2.82. The molecule has 1 heterocycles. The SMILES string of the molecule is NCC1CCc2nc(Cc3ccc(O)cc3)[nH]c2C1. The van der Waals surface area contributed by atoms with Gasteiger partial charge < -0.3 is 15.8 Å². The largest absolute Gasteiger partial charge is 0.508 e. The Labute approximate surface area is 112 Å². The van der Waals surface area contributed by atoms with E-state index in [1.807, 2.05) is 12.1 Å². The Bertz CT molecular complexity index is 559. The van der Waals surface area contributed by atoms with Crippen molar-refractivity contribution in [3.8, 4) is 5.75 Å². The molecule has 1 atom stereocenters. The summed E-state index contributed by atoms with van der Waals surface area (Å²) < 4.78 is 0. The third-order valence-corrected chi connectivity index (χ3v) is 3.84. The zero-order chi connectivity index (χ0) is 13.2. The summed E-state index contributed by atoms with van der Waals surface area (Å²) in [6.07, 6.45) is 3.98. The minimum Gasteiger partial charge on any atom is -0.508 e. The van der Waals surface area contributed by atoms with Crippen LogP contribution in [-0.2, 0) is 19.3 Å². The van der Waals surface area contributed by atoms with Gasteiger partial charge in [-0.3, -0.25) is 0 Å². The first-order valence-corrected chi connectivity index (χ1v) is 6.79. The number of nitrogens with one attached hydrogen (secondary N) is 1. The molecule has 19 heavy (non-hydrogen) atoms. The monoisotopic (exact) mass is 257 g/mol. The molecule has 0 fully saturated rings. The van der Waals surface area contributed by atoms with Crippen LogP contribution in [-0.4, -0.2) is 21.6 Å². The molecule has 4 nitrogen and oxygen atoms in total. The van der Waals surface area contributed by atoms with Crippen molar-refractivity contribution in [2.75, 3.05) is 6.54 Å². The molecule has 1 aliphatic carbocycles. The van der Waals surface area contributed by atoms with Gasteiger partial charge >= 0.3 is 0 Å². The van der Waals surface area contributed by atoms with E-state index in [-0.39, 0.29) is 0 Å². The van der Waals surface area contributed by atoms with Crippen LogP contribution in [0.1, 0.15) is 29.2 Å². The normalized spacial score (nSPS) is 18.3. The van der Waals surface area contributed by atoms with Crippen molar-refractivity contribution in [3.05, 3.63) is 47.0 Å². The standard InChI is InChI=1S/C15H19N3O/c16-9-11-3-6-13-14(7-11)18-15(17-13)8-10-1-4-12(19)5-2-10/h1-2,4-5,11,19H,3,6-9,16H2,(H,17,18). The highest BCUT2D eigenvalue weighted by atomic mass is 16.3. The Kier molecular flexibility index (Phi) is 3.25. The first kappa shape index (κ1) is 12.2. The van der Waals surface area contributed by atoms with Gasteiger partial charge in [-0.1, -0.05) is 12.1 Å². The smallest absolute Gasteiger partial charge is 0.115 e. The predicted octanol–water partition coefficient (Wildman–Crippen LogP) is 1.77. The fourth-order valence-electron chi connectivity index (χ4n) is 2.70. The van der Waals surface area contributed by atoms with E-state index in [0.29, 0.717) is 11.7 Å². The maximum Gasteiger partial charge on any atom is 0.115 e. The van der Waals surface area contributed by atoms with E-state index in [2.05, 4.69) is 9.97 Å². The number of imidazole rings is 1. The average molecular weight is 257 g/mol. The van der Waals surface area contributed by atoms with Crippen molar-refractivity contribution in [3.63, 3.8) is 0 Å². The van der Waals surface area contributed by atoms with Gasteiger partial charge in [-0.05, 0) is 49.4 Å². The Hall–Kier alpha value is -1.81. The molecule has 4 heteroatoms. The highest BCUT2D eigenvalue weighted by Crippen LogP contribution is 2.24. The lowest BCUT2D eigenvalue weighted by Gasteiger charge is -2.18. The van der Waals surface area contributed by atoms with Gasteiger partial charge in [0.05, 0.1) is 5.69 Å². The van der Waals surface area contributed by atoms with E-state index in [1.54, 1.807) is 12.1 Å². The van der Waals surface area contributed by atoms with E-state index < -0.39 is 0 Å². The lowest BCUT2D eigenvalue weighted by atomic mass is 9.90. The van der Waals surface area contributed by atoms with E-state index in [4.69, 9.17) is 5.73 Å². The van der Waals surface area contributed by atoms with Gasteiger partial charge in [0, 0.05) is 12.1 Å². The number of phenolic OH excluding ortho intramolecular Hbond substituents is 1. The Morgan fingerprint density at radius 2 is 2.11 bits per heavy atom. The molecule has 1 aliphatic rings. The van der Waals surface area contributed by atoms with Crippen molar-refractivity contribution in [2.24, 2.45) is 11.7 Å². The molecule has 0 saturated carbocycles.